The van der Waals surface area contributed by atoms with Gasteiger partial charge >= 0.3 is 0 Å². The van der Waals surface area contributed by atoms with Crippen LogP contribution in [0.4, 0.5) is 0 Å². The number of nitrogens with one attached hydrogen (secondary N) is 1. The van der Waals surface area contributed by atoms with Gasteiger partial charge in [-0.25, -0.2) is 4.68 Å². The van der Waals surface area contributed by atoms with Crippen LogP contribution in [0.3, 0.4) is 0 Å². The molecule has 0 aliphatic carbocycles. The van der Waals surface area contributed by atoms with Crippen LogP contribution >= 0.6 is 11.6 Å². The highest BCUT2D eigenvalue weighted by atomic mass is 35.5. The molecule has 0 atom stereocenters. The first-order valence-corrected chi connectivity index (χ1v) is 6.94. The van der Waals surface area contributed by atoms with Gasteiger partial charge in [0.2, 0.25) is 0 Å². The van der Waals surface area contributed by atoms with Crippen molar-refractivity contribution in [1.82, 2.24) is 15.1 Å². The smallest absolute Gasteiger partial charge is 0.0848 e. The van der Waals surface area contributed by atoms with Crippen LogP contribution < -0.4 is 5.32 Å². The van der Waals surface area contributed by atoms with Crippen molar-refractivity contribution in [3.63, 3.8) is 0 Å². The fourth-order valence-corrected chi connectivity index (χ4v) is 2.24. The van der Waals surface area contributed by atoms with E-state index in [0.717, 1.165) is 35.2 Å². The molecule has 102 valence electrons. The van der Waals surface area contributed by atoms with Crippen LogP contribution in [0.1, 0.15) is 29.4 Å². The molecule has 0 bridgehead atoms. The summed E-state index contributed by atoms with van der Waals surface area (Å²) in [4.78, 5) is 0. The topological polar surface area (TPSA) is 29.9 Å². The van der Waals surface area contributed by atoms with Crippen molar-refractivity contribution in [2.45, 2.75) is 34.2 Å². The second-order valence-corrected chi connectivity index (χ2v) is 5.18. The summed E-state index contributed by atoms with van der Waals surface area (Å²) in [5.41, 5.74) is 5.41. The van der Waals surface area contributed by atoms with Crippen molar-refractivity contribution in [2.75, 3.05) is 6.54 Å². The second kappa shape index (κ2) is 5.76. The molecule has 1 aromatic carbocycles. The Hall–Kier alpha value is -1.32. The fraction of sp³-hybridized carbons (Fsp3) is 0.400. The number of hydrogen-bond acceptors (Lipinski definition) is 2. The molecule has 0 aliphatic rings. The van der Waals surface area contributed by atoms with Crippen molar-refractivity contribution in [1.29, 1.82) is 0 Å². The Balaban J connectivity index is 2.45. The molecule has 2 aromatic rings. The first kappa shape index (κ1) is 14.1. The molecule has 1 aromatic heterocycles. The highest BCUT2D eigenvalue weighted by molar-refractivity contribution is 6.31. The molecule has 0 unspecified atom stereocenters. The maximum Gasteiger partial charge on any atom is 0.0848 e. The van der Waals surface area contributed by atoms with Crippen molar-refractivity contribution in [3.05, 3.63) is 45.7 Å². The lowest BCUT2D eigenvalue weighted by molar-refractivity contribution is 0.724. The molecule has 2 rings (SSSR count). The van der Waals surface area contributed by atoms with Crippen LogP contribution in [0.2, 0.25) is 5.02 Å². The lowest BCUT2D eigenvalue weighted by Crippen LogP contribution is -2.12. The third-order valence-corrected chi connectivity index (χ3v) is 3.83. The summed E-state index contributed by atoms with van der Waals surface area (Å²) >= 11 is 6.23. The van der Waals surface area contributed by atoms with E-state index in [0.29, 0.717) is 0 Å². The predicted molar refractivity (Wildman–Crippen MR) is 80.2 cm³/mol. The monoisotopic (exact) mass is 277 g/mol. The third-order valence-electron chi connectivity index (χ3n) is 3.28. The maximum absolute atomic E-state index is 6.23. The van der Waals surface area contributed by atoms with Crippen LogP contribution in [-0.4, -0.2) is 16.3 Å². The molecule has 0 saturated heterocycles. The molecule has 3 nitrogen and oxygen atoms in total. The molecule has 0 amide bonds. The summed E-state index contributed by atoms with van der Waals surface area (Å²) in [6, 6.07) is 6.45. The van der Waals surface area contributed by atoms with Crippen LogP contribution in [0, 0.1) is 20.8 Å². The van der Waals surface area contributed by atoms with Crippen LogP contribution in [0.5, 0.6) is 0 Å². The Labute approximate surface area is 119 Å². The zero-order valence-electron chi connectivity index (χ0n) is 11.9. The number of aromatic nitrogens is 2. The van der Waals surface area contributed by atoms with Gasteiger partial charge in [0, 0.05) is 6.54 Å². The molecule has 0 fully saturated rings. The molecule has 0 aliphatic heterocycles. The van der Waals surface area contributed by atoms with E-state index in [1.54, 1.807) is 0 Å². The quantitative estimate of drug-likeness (QED) is 0.926. The van der Waals surface area contributed by atoms with Crippen molar-refractivity contribution >= 4 is 11.6 Å². The highest BCUT2D eigenvalue weighted by Crippen LogP contribution is 2.24. The fourth-order valence-electron chi connectivity index (χ4n) is 2.12. The molecule has 0 saturated carbocycles. The number of rotatable bonds is 4. The molecular formula is C15H20ClN3. The Bertz CT molecular complexity index is 587. The van der Waals surface area contributed by atoms with Crippen molar-refractivity contribution in [2.24, 2.45) is 0 Å². The second-order valence-electron chi connectivity index (χ2n) is 4.80. The SMILES string of the molecule is CCNCc1ccc(C)c(-n2nc(C)c(Cl)c2C)c1. The number of aryl methyl sites for hydroxylation is 2. The van der Waals surface area contributed by atoms with E-state index in [1.807, 2.05) is 18.5 Å². The van der Waals surface area contributed by atoms with Crippen LogP contribution in [-0.2, 0) is 6.54 Å². The molecule has 1 heterocycles. The Morgan fingerprint density at radius 1 is 1.26 bits per heavy atom. The van der Waals surface area contributed by atoms with Crippen LogP contribution in [0.15, 0.2) is 18.2 Å². The Morgan fingerprint density at radius 3 is 2.58 bits per heavy atom. The normalized spacial score (nSPS) is 11.0. The number of nitrogens with zero attached hydrogens (tertiary/aromatic N) is 2. The largest absolute Gasteiger partial charge is 0.313 e. The standard InChI is InChI=1S/C15H20ClN3/c1-5-17-9-13-7-6-10(2)14(8-13)19-12(4)15(16)11(3)18-19/h6-8,17H,5,9H2,1-4H3. The zero-order chi connectivity index (χ0) is 14.0. The Kier molecular flexibility index (Phi) is 4.27. The maximum atomic E-state index is 6.23. The van der Waals surface area contributed by atoms with Gasteiger partial charge < -0.3 is 5.32 Å². The van der Waals surface area contributed by atoms with Gasteiger partial charge in [0.25, 0.3) is 0 Å². The molecule has 0 radical (unpaired) electrons. The highest BCUT2D eigenvalue weighted by Gasteiger charge is 2.12. The summed E-state index contributed by atoms with van der Waals surface area (Å²) in [5.74, 6) is 0. The summed E-state index contributed by atoms with van der Waals surface area (Å²) in [5, 5.41) is 8.61. The number of halogens is 1. The summed E-state index contributed by atoms with van der Waals surface area (Å²) in [6.45, 7) is 9.97. The molecule has 1 N–H and O–H groups in total. The summed E-state index contributed by atoms with van der Waals surface area (Å²) in [7, 11) is 0. The summed E-state index contributed by atoms with van der Waals surface area (Å²) in [6.07, 6.45) is 0. The van der Waals surface area contributed by atoms with Gasteiger partial charge in [0.1, 0.15) is 0 Å². The van der Waals surface area contributed by atoms with E-state index in [9.17, 15) is 0 Å². The van der Waals surface area contributed by atoms with Gasteiger partial charge in [-0.05, 0) is 44.5 Å². The lowest BCUT2D eigenvalue weighted by atomic mass is 10.1. The lowest BCUT2D eigenvalue weighted by Gasteiger charge is -2.11. The predicted octanol–water partition coefficient (Wildman–Crippen LogP) is 3.56. The van der Waals surface area contributed by atoms with E-state index in [4.69, 9.17) is 11.6 Å². The van der Waals surface area contributed by atoms with Gasteiger partial charge in [-0.3, -0.25) is 0 Å². The van der Waals surface area contributed by atoms with E-state index in [2.05, 4.69) is 42.5 Å². The first-order chi connectivity index (χ1) is 9.04. The molecule has 0 spiro atoms. The average Bonchev–Trinajstić information content (AvgIpc) is 2.65. The molecular weight excluding hydrogens is 258 g/mol. The number of benzene rings is 1. The Morgan fingerprint density at radius 2 is 2.00 bits per heavy atom. The van der Waals surface area contributed by atoms with Gasteiger partial charge in [-0.1, -0.05) is 30.7 Å². The van der Waals surface area contributed by atoms with Crippen molar-refractivity contribution in [3.8, 4) is 5.69 Å². The minimum Gasteiger partial charge on any atom is -0.313 e. The zero-order valence-corrected chi connectivity index (χ0v) is 12.7. The molecule has 4 heteroatoms. The van der Waals surface area contributed by atoms with Gasteiger partial charge in [-0.15, -0.1) is 0 Å². The number of hydrogen-bond donors (Lipinski definition) is 1. The van der Waals surface area contributed by atoms with Crippen molar-refractivity contribution < 1.29 is 0 Å². The minimum absolute atomic E-state index is 0.747. The third kappa shape index (κ3) is 2.82. The van der Waals surface area contributed by atoms with E-state index in [1.165, 1.54) is 11.1 Å². The van der Waals surface area contributed by atoms with Gasteiger partial charge in [0.15, 0.2) is 0 Å². The van der Waals surface area contributed by atoms with E-state index in [-0.39, 0.29) is 0 Å². The van der Waals surface area contributed by atoms with E-state index < -0.39 is 0 Å². The van der Waals surface area contributed by atoms with Crippen LogP contribution in [0.25, 0.3) is 5.69 Å². The minimum atomic E-state index is 0.747. The first-order valence-electron chi connectivity index (χ1n) is 6.57. The summed E-state index contributed by atoms with van der Waals surface area (Å²) < 4.78 is 1.93. The average molecular weight is 278 g/mol. The molecule has 19 heavy (non-hydrogen) atoms. The van der Waals surface area contributed by atoms with Gasteiger partial charge in [-0.2, -0.15) is 5.10 Å². The van der Waals surface area contributed by atoms with Gasteiger partial charge in [0.05, 0.1) is 22.1 Å². The van der Waals surface area contributed by atoms with E-state index >= 15 is 0 Å².